The lowest BCUT2D eigenvalue weighted by Gasteiger charge is -2.32. The first-order valence-corrected chi connectivity index (χ1v) is 14.0. The summed E-state index contributed by atoms with van der Waals surface area (Å²) in [5, 5.41) is -0.293. The molecule has 1 heterocycles. The minimum atomic E-state index is -0.728. The van der Waals surface area contributed by atoms with E-state index in [0.717, 1.165) is 21.8 Å². The number of halogens is 1. The zero-order valence-corrected chi connectivity index (χ0v) is 23.5. The molecule has 1 aliphatic heterocycles. The van der Waals surface area contributed by atoms with Gasteiger partial charge in [0.25, 0.3) is 0 Å². The highest BCUT2D eigenvalue weighted by molar-refractivity contribution is 7.98. The van der Waals surface area contributed by atoms with E-state index in [2.05, 4.69) is 0 Å². The number of nitrogens with zero attached hydrogens (tertiary/aromatic N) is 1. The van der Waals surface area contributed by atoms with E-state index in [-0.39, 0.29) is 18.6 Å². The summed E-state index contributed by atoms with van der Waals surface area (Å²) in [6.45, 7) is 5.80. The van der Waals surface area contributed by atoms with Gasteiger partial charge in [0.05, 0.1) is 37.0 Å². The largest absolute Gasteiger partial charge is 0.497 e. The fourth-order valence-electron chi connectivity index (χ4n) is 4.55. The molecule has 0 fully saturated rings. The van der Waals surface area contributed by atoms with E-state index in [0.29, 0.717) is 29.8 Å². The molecule has 0 saturated heterocycles. The smallest absolute Gasteiger partial charge is 0.336 e. The fraction of sp³-hybridized carbons (Fsp3) is 0.414. The molecule has 37 heavy (non-hydrogen) atoms. The Kier molecular flexibility index (Phi) is 10.6. The van der Waals surface area contributed by atoms with Gasteiger partial charge in [-0.25, -0.2) is 4.79 Å². The van der Waals surface area contributed by atoms with Crippen molar-refractivity contribution < 1.29 is 23.8 Å². The maximum atomic E-state index is 13.4. The highest BCUT2D eigenvalue weighted by Crippen LogP contribution is 2.43. The second-order valence-corrected chi connectivity index (χ2v) is 10.0. The zero-order valence-electron chi connectivity index (χ0n) is 22.0. The molecule has 8 heteroatoms. The van der Waals surface area contributed by atoms with Gasteiger partial charge in [-0.1, -0.05) is 24.3 Å². The number of ether oxygens (including phenoxy) is 3. The zero-order chi connectivity index (χ0) is 26.9. The first kappa shape index (κ1) is 28.8. The molecule has 2 aromatic carbocycles. The third-order valence-corrected chi connectivity index (χ3v) is 7.51. The van der Waals surface area contributed by atoms with E-state index in [9.17, 15) is 9.59 Å². The van der Waals surface area contributed by atoms with Crippen molar-refractivity contribution in [3.05, 3.63) is 70.9 Å². The highest BCUT2D eigenvalue weighted by atomic mass is 35.5. The normalized spacial score (nSPS) is 18.2. The number of allylic oxidation sites excluding steroid dienone is 1. The van der Waals surface area contributed by atoms with Gasteiger partial charge in [-0.2, -0.15) is 0 Å². The van der Waals surface area contributed by atoms with E-state index < -0.39 is 23.8 Å². The molecule has 0 aromatic heterocycles. The molecule has 3 unspecified atom stereocenters. The van der Waals surface area contributed by atoms with Crippen LogP contribution < -0.4 is 4.74 Å². The number of carbonyl (C=O) groups is 2. The van der Waals surface area contributed by atoms with Crippen LogP contribution in [0, 0.1) is 5.92 Å². The third-order valence-electron chi connectivity index (χ3n) is 6.32. The van der Waals surface area contributed by atoms with Crippen LogP contribution in [0.4, 0.5) is 0 Å². The van der Waals surface area contributed by atoms with Gasteiger partial charge >= 0.3 is 11.9 Å². The van der Waals surface area contributed by atoms with Gasteiger partial charge in [0.15, 0.2) is 0 Å². The summed E-state index contributed by atoms with van der Waals surface area (Å²) in [4.78, 5) is 32.4. The van der Waals surface area contributed by atoms with E-state index in [1.807, 2.05) is 61.7 Å². The van der Waals surface area contributed by atoms with Crippen LogP contribution in [0.5, 0.6) is 5.75 Å². The van der Waals surface area contributed by atoms with Crippen molar-refractivity contribution in [2.24, 2.45) is 10.9 Å². The third kappa shape index (κ3) is 6.96. The summed E-state index contributed by atoms with van der Waals surface area (Å²) in [6, 6.07) is 15.5. The summed E-state index contributed by atoms with van der Waals surface area (Å²) in [6.07, 6.45) is 2.98. The number of aliphatic imine (C=N–C) groups is 1. The van der Waals surface area contributed by atoms with E-state index in [4.69, 9.17) is 30.8 Å². The van der Waals surface area contributed by atoms with Crippen LogP contribution in [0.1, 0.15) is 56.0 Å². The van der Waals surface area contributed by atoms with Crippen molar-refractivity contribution in [2.45, 2.75) is 49.8 Å². The molecule has 0 N–H and O–H groups in total. The minimum absolute atomic E-state index is 0.212. The van der Waals surface area contributed by atoms with Gasteiger partial charge in [0.1, 0.15) is 11.7 Å². The summed E-state index contributed by atoms with van der Waals surface area (Å²) in [7, 11) is 1.62. The van der Waals surface area contributed by atoms with Gasteiger partial charge in [0.2, 0.25) is 0 Å². The maximum absolute atomic E-state index is 13.4. The van der Waals surface area contributed by atoms with Gasteiger partial charge in [-0.15, -0.1) is 23.4 Å². The fourth-order valence-corrected chi connectivity index (χ4v) is 5.27. The second-order valence-electron chi connectivity index (χ2n) is 8.60. The molecular formula is C29H34ClNO5S. The number of thioether (sulfide) groups is 1. The topological polar surface area (TPSA) is 74.2 Å². The lowest BCUT2D eigenvalue weighted by atomic mass is 9.75. The number of methoxy groups -OCH3 is 1. The molecule has 0 aliphatic carbocycles. The predicted octanol–water partition coefficient (Wildman–Crippen LogP) is 6.73. The standard InChI is InChI=1S/C29H34ClNO5S/c1-6-35-28(32)25-18(3)31-24(16-15-23(30)19-11-13-21(34-4)14-12-19)27(29(33)36-7-2)26(25)20-9-8-10-22(17-20)37-5/h8-14,17,23,25-26H,6-7,15-16H2,1-5H3. The van der Waals surface area contributed by atoms with Crippen LogP contribution >= 0.6 is 23.4 Å². The molecule has 3 atom stereocenters. The number of benzene rings is 2. The highest BCUT2D eigenvalue weighted by Gasteiger charge is 2.43. The predicted molar refractivity (Wildman–Crippen MR) is 149 cm³/mol. The van der Waals surface area contributed by atoms with Crippen LogP contribution in [-0.2, 0) is 19.1 Å². The van der Waals surface area contributed by atoms with Crippen LogP contribution in [0.15, 0.2) is 69.7 Å². The molecule has 3 rings (SSSR count). The summed E-state index contributed by atoms with van der Waals surface area (Å²) in [5.74, 6) is -1.43. The Morgan fingerprint density at radius 2 is 1.78 bits per heavy atom. The lowest BCUT2D eigenvalue weighted by Crippen LogP contribution is -2.37. The Hall–Kier alpha value is -2.77. The Balaban J connectivity index is 2.06. The second kappa shape index (κ2) is 13.7. The van der Waals surface area contributed by atoms with Crippen LogP contribution in [0.25, 0.3) is 0 Å². The molecule has 198 valence electrons. The molecule has 2 aromatic rings. The lowest BCUT2D eigenvalue weighted by molar-refractivity contribution is -0.146. The SMILES string of the molecule is CCOC(=O)C1=C(CCC(Cl)c2ccc(OC)cc2)N=C(C)C(C(=O)OCC)C1c1cccc(SC)c1. The Labute approximate surface area is 228 Å². The van der Waals surface area contributed by atoms with Crippen molar-refractivity contribution in [2.75, 3.05) is 26.6 Å². The first-order chi connectivity index (χ1) is 17.8. The van der Waals surface area contributed by atoms with Gasteiger partial charge in [0, 0.05) is 16.5 Å². The molecule has 6 nitrogen and oxygen atoms in total. The van der Waals surface area contributed by atoms with E-state index in [1.54, 1.807) is 32.7 Å². The van der Waals surface area contributed by atoms with Gasteiger partial charge in [-0.05, 0) is 75.3 Å². The summed E-state index contributed by atoms with van der Waals surface area (Å²) < 4.78 is 16.2. The number of carbonyl (C=O) groups excluding carboxylic acids is 2. The van der Waals surface area contributed by atoms with Crippen LogP contribution in [0.2, 0.25) is 0 Å². The van der Waals surface area contributed by atoms with Crippen molar-refractivity contribution in [1.82, 2.24) is 0 Å². The molecule has 0 bridgehead atoms. The average molecular weight is 544 g/mol. The van der Waals surface area contributed by atoms with Crippen molar-refractivity contribution in [1.29, 1.82) is 0 Å². The summed E-state index contributed by atoms with van der Waals surface area (Å²) >= 11 is 8.35. The number of hydrogen-bond donors (Lipinski definition) is 0. The van der Waals surface area contributed by atoms with Crippen molar-refractivity contribution >= 4 is 41.0 Å². The van der Waals surface area contributed by atoms with Crippen molar-refractivity contribution in [3.8, 4) is 5.75 Å². The molecule has 0 spiro atoms. The molecule has 0 amide bonds. The monoisotopic (exact) mass is 543 g/mol. The molecule has 0 radical (unpaired) electrons. The Morgan fingerprint density at radius 1 is 1.08 bits per heavy atom. The molecular weight excluding hydrogens is 510 g/mol. The van der Waals surface area contributed by atoms with E-state index >= 15 is 0 Å². The molecule has 0 saturated carbocycles. The first-order valence-electron chi connectivity index (χ1n) is 12.4. The number of hydrogen-bond acceptors (Lipinski definition) is 7. The van der Waals surface area contributed by atoms with Crippen LogP contribution in [0.3, 0.4) is 0 Å². The molecule has 1 aliphatic rings. The quantitative estimate of drug-likeness (QED) is 0.178. The average Bonchev–Trinajstić information content (AvgIpc) is 2.91. The Morgan fingerprint density at radius 3 is 2.41 bits per heavy atom. The maximum Gasteiger partial charge on any atom is 0.336 e. The minimum Gasteiger partial charge on any atom is -0.497 e. The van der Waals surface area contributed by atoms with Gasteiger partial charge in [-0.3, -0.25) is 9.79 Å². The van der Waals surface area contributed by atoms with Gasteiger partial charge < -0.3 is 14.2 Å². The van der Waals surface area contributed by atoms with Crippen molar-refractivity contribution in [3.63, 3.8) is 0 Å². The Bertz CT molecular complexity index is 1160. The number of alkyl halides is 1. The number of rotatable bonds is 11. The van der Waals surface area contributed by atoms with Crippen LogP contribution in [-0.4, -0.2) is 44.2 Å². The number of esters is 2. The van der Waals surface area contributed by atoms with E-state index in [1.165, 1.54) is 0 Å². The summed E-state index contributed by atoms with van der Waals surface area (Å²) in [5.41, 5.74) is 3.39.